The molecular formula is C20H16ClNOS2. The van der Waals surface area contributed by atoms with Crippen LogP contribution in [-0.4, -0.2) is 9.49 Å². The van der Waals surface area contributed by atoms with Crippen molar-refractivity contribution in [2.24, 2.45) is 4.99 Å². The number of aliphatic imine (C=N–C) groups is 1. The molecule has 1 heterocycles. The lowest BCUT2D eigenvalue weighted by Gasteiger charge is -1.99. The molecule has 0 saturated carbocycles. The number of allylic oxidation sites excluding steroid dienone is 2. The molecule has 25 heavy (non-hydrogen) atoms. The number of hydrogen-bond acceptors (Lipinski definition) is 4. The van der Waals surface area contributed by atoms with E-state index in [1.165, 1.54) is 11.8 Å². The number of halogens is 1. The van der Waals surface area contributed by atoms with Gasteiger partial charge >= 0.3 is 0 Å². The molecular weight excluding hydrogens is 370 g/mol. The Morgan fingerprint density at radius 1 is 1.16 bits per heavy atom. The molecule has 2 aromatic rings. The Morgan fingerprint density at radius 2 is 1.88 bits per heavy atom. The summed E-state index contributed by atoms with van der Waals surface area (Å²) in [4.78, 5) is 16.6. The third-order valence-electron chi connectivity index (χ3n) is 3.43. The lowest BCUT2D eigenvalue weighted by Crippen LogP contribution is -1.89. The first-order valence-electron chi connectivity index (χ1n) is 7.73. The maximum absolute atomic E-state index is 12.2. The number of rotatable bonds is 4. The van der Waals surface area contributed by atoms with Gasteiger partial charge in [-0.2, -0.15) is 0 Å². The highest BCUT2D eigenvalue weighted by Gasteiger charge is 2.22. The smallest absolute Gasteiger partial charge is 0.244 e. The molecule has 5 heteroatoms. The first kappa shape index (κ1) is 18.1. The predicted octanol–water partition coefficient (Wildman–Crippen LogP) is 6.19. The van der Waals surface area contributed by atoms with Crippen LogP contribution in [-0.2, 0) is 10.5 Å². The Kier molecular flexibility index (Phi) is 6.19. The second-order valence-electron chi connectivity index (χ2n) is 5.51. The van der Waals surface area contributed by atoms with Crippen LogP contribution >= 0.6 is 35.1 Å². The summed E-state index contributed by atoms with van der Waals surface area (Å²) in [5.74, 6) is 0.766. The molecule has 0 N–H and O–H groups in total. The summed E-state index contributed by atoms with van der Waals surface area (Å²) in [5.41, 5.74) is 3.77. The molecule has 0 radical (unpaired) electrons. The van der Waals surface area contributed by atoms with Gasteiger partial charge in [0.25, 0.3) is 0 Å². The van der Waals surface area contributed by atoms with Crippen LogP contribution in [0.1, 0.15) is 18.1 Å². The average molecular weight is 386 g/mol. The Balaban J connectivity index is 1.67. The van der Waals surface area contributed by atoms with Crippen molar-refractivity contribution < 1.29 is 4.79 Å². The van der Waals surface area contributed by atoms with Crippen LogP contribution in [0.2, 0.25) is 5.02 Å². The monoisotopic (exact) mass is 385 g/mol. The van der Waals surface area contributed by atoms with E-state index in [-0.39, 0.29) is 5.12 Å². The fraction of sp³-hybridized carbons (Fsp3) is 0.100. The zero-order chi connectivity index (χ0) is 17.6. The van der Waals surface area contributed by atoms with E-state index in [2.05, 4.69) is 4.99 Å². The van der Waals surface area contributed by atoms with Gasteiger partial charge < -0.3 is 0 Å². The van der Waals surface area contributed by atoms with Crippen LogP contribution in [0.15, 0.2) is 76.9 Å². The van der Waals surface area contributed by atoms with Gasteiger partial charge in [-0.1, -0.05) is 71.9 Å². The molecule has 0 bridgehead atoms. The van der Waals surface area contributed by atoms with Gasteiger partial charge in [0.2, 0.25) is 5.12 Å². The van der Waals surface area contributed by atoms with Crippen molar-refractivity contribution >= 4 is 50.7 Å². The van der Waals surface area contributed by atoms with Gasteiger partial charge in [-0.25, -0.2) is 4.99 Å². The van der Waals surface area contributed by atoms with Gasteiger partial charge in [0, 0.05) is 10.8 Å². The maximum atomic E-state index is 12.2. The normalized spacial score (nSPS) is 16.4. The lowest BCUT2D eigenvalue weighted by molar-refractivity contribution is -0.107. The highest BCUT2D eigenvalue weighted by Crippen LogP contribution is 2.32. The van der Waals surface area contributed by atoms with Gasteiger partial charge in [0.1, 0.15) is 10.1 Å². The van der Waals surface area contributed by atoms with Crippen LogP contribution in [0.25, 0.3) is 6.08 Å². The number of hydrogen-bond donors (Lipinski definition) is 0. The molecule has 2 nitrogen and oxygen atoms in total. The summed E-state index contributed by atoms with van der Waals surface area (Å²) in [7, 11) is 0. The third-order valence-corrected chi connectivity index (χ3v) is 5.77. The zero-order valence-corrected chi connectivity index (χ0v) is 16.0. The summed E-state index contributed by atoms with van der Waals surface area (Å²) in [6, 6.07) is 17.7. The standard InChI is InChI=1S/C20H16ClNOS2/c1-14(11-15-5-3-2-4-6-15)12-18-19(23)25-20(22-18)24-13-16-7-9-17(21)10-8-16/h2-12H,13H2,1H3/b14-11-,18-12+. The summed E-state index contributed by atoms with van der Waals surface area (Å²) in [5, 5.41) is 0.724. The van der Waals surface area contributed by atoms with E-state index in [9.17, 15) is 4.79 Å². The van der Waals surface area contributed by atoms with Crippen LogP contribution in [0.3, 0.4) is 0 Å². The molecule has 0 atom stereocenters. The summed E-state index contributed by atoms with van der Waals surface area (Å²) < 4.78 is 0.790. The molecule has 0 amide bonds. The zero-order valence-electron chi connectivity index (χ0n) is 13.6. The largest absolute Gasteiger partial charge is 0.279 e. The van der Waals surface area contributed by atoms with E-state index >= 15 is 0 Å². The molecule has 2 aromatic carbocycles. The van der Waals surface area contributed by atoms with E-state index in [1.807, 2.05) is 73.7 Å². The minimum Gasteiger partial charge on any atom is -0.279 e. The Hall–Kier alpha value is -1.75. The van der Waals surface area contributed by atoms with Crippen LogP contribution in [0.5, 0.6) is 0 Å². The number of nitrogens with zero attached hydrogens (tertiary/aromatic N) is 1. The topological polar surface area (TPSA) is 29.4 Å². The number of carbonyl (C=O) groups excluding carboxylic acids is 1. The molecule has 0 fully saturated rings. The van der Waals surface area contributed by atoms with Gasteiger partial charge in [0.15, 0.2) is 0 Å². The van der Waals surface area contributed by atoms with Crippen molar-refractivity contribution in [3.05, 3.63) is 88.1 Å². The first-order valence-corrected chi connectivity index (χ1v) is 9.91. The number of carbonyl (C=O) groups is 1. The number of benzene rings is 2. The van der Waals surface area contributed by atoms with E-state index in [1.54, 1.807) is 11.8 Å². The van der Waals surface area contributed by atoms with Crippen molar-refractivity contribution in [3.63, 3.8) is 0 Å². The molecule has 1 aliphatic rings. The molecule has 1 aliphatic heterocycles. The van der Waals surface area contributed by atoms with Crippen LogP contribution < -0.4 is 0 Å². The Morgan fingerprint density at radius 3 is 2.60 bits per heavy atom. The maximum Gasteiger partial charge on any atom is 0.244 e. The Bertz CT molecular complexity index is 855. The van der Waals surface area contributed by atoms with Gasteiger partial charge in [-0.3, -0.25) is 4.79 Å². The summed E-state index contributed by atoms with van der Waals surface area (Å²) in [6.07, 6.45) is 3.89. The highest BCUT2D eigenvalue weighted by molar-refractivity contribution is 8.45. The van der Waals surface area contributed by atoms with Gasteiger partial charge in [-0.05, 0) is 53.6 Å². The highest BCUT2D eigenvalue weighted by atomic mass is 35.5. The fourth-order valence-electron chi connectivity index (χ4n) is 2.25. The minimum atomic E-state index is -0.000539. The quantitative estimate of drug-likeness (QED) is 0.587. The van der Waals surface area contributed by atoms with E-state index in [0.29, 0.717) is 5.70 Å². The SMILES string of the molecule is CC(=C/c1ccccc1)/C=C1/N=C(SCc2ccc(Cl)cc2)SC1=O. The van der Waals surface area contributed by atoms with Gasteiger partial charge in [0.05, 0.1) is 0 Å². The second-order valence-corrected chi connectivity index (χ2v) is 8.13. The van der Waals surface area contributed by atoms with E-state index in [4.69, 9.17) is 11.6 Å². The predicted molar refractivity (Wildman–Crippen MR) is 111 cm³/mol. The van der Waals surface area contributed by atoms with E-state index < -0.39 is 0 Å². The van der Waals surface area contributed by atoms with Crippen LogP contribution in [0, 0.1) is 0 Å². The van der Waals surface area contributed by atoms with Crippen molar-refractivity contribution in [1.82, 2.24) is 0 Å². The molecule has 0 aromatic heterocycles. The van der Waals surface area contributed by atoms with Crippen molar-refractivity contribution in [2.75, 3.05) is 0 Å². The van der Waals surface area contributed by atoms with E-state index in [0.717, 1.165) is 31.9 Å². The van der Waals surface area contributed by atoms with Crippen molar-refractivity contribution in [2.45, 2.75) is 12.7 Å². The third kappa shape index (κ3) is 5.36. The molecule has 126 valence electrons. The Labute approximate surface area is 161 Å². The lowest BCUT2D eigenvalue weighted by atomic mass is 10.1. The minimum absolute atomic E-state index is 0.000539. The van der Waals surface area contributed by atoms with Gasteiger partial charge in [-0.15, -0.1) is 0 Å². The summed E-state index contributed by atoms with van der Waals surface area (Å²) >= 11 is 8.66. The second kappa shape index (κ2) is 8.56. The van der Waals surface area contributed by atoms with Crippen LogP contribution in [0.4, 0.5) is 0 Å². The average Bonchev–Trinajstić information content (AvgIpc) is 2.95. The first-order chi connectivity index (χ1) is 12.1. The number of thioether (sulfide) groups is 2. The molecule has 0 aliphatic carbocycles. The molecule has 0 unspecified atom stereocenters. The molecule has 0 spiro atoms. The molecule has 3 rings (SSSR count). The van der Waals surface area contributed by atoms with Crippen molar-refractivity contribution in [1.29, 1.82) is 0 Å². The summed E-state index contributed by atoms with van der Waals surface area (Å²) in [6.45, 7) is 1.98. The fourth-order valence-corrected chi connectivity index (χ4v) is 4.17. The molecule has 0 saturated heterocycles. The van der Waals surface area contributed by atoms with Crippen molar-refractivity contribution in [3.8, 4) is 0 Å².